The molecule has 0 amide bonds. The molecule has 0 spiro atoms. The van der Waals surface area contributed by atoms with Crippen molar-refractivity contribution in [1.82, 2.24) is 0 Å². The average molecular weight is 352 g/mol. The predicted molar refractivity (Wildman–Crippen MR) is 107 cm³/mol. The molecule has 0 N–H and O–H groups in total. The van der Waals surface area contributed by atoms with Gasteiger partial charge in [0, 0.05) is 24.7 Å². The van der Waals surface area contributed by atoms with Crippen LogP contribution in [0.25, 0.3) is 6.08 Å². The van der Waals surface area contributed by atoms with Gasteiger partial charge in [0.1, 0.15) is 0 Å². The number of rotatable bonds is 4. The molecule has 0 aliphatic heterocycles. The van der Waals surface area contributed by atoms with Gasteiger partial charge in [-0.1, -0.05) is 32.1 Å². The van der Waals surface area contributed by atoms with Crippen LogP contribution in [-0.4, -0.2) is 19.9 Å². The number of nitrogens with zero attached hydrogens (tertiary/aromatic N) is 1. The molecule has 25 heavy (non-hydrogen) atoms. The maximum absolute atomic E-state index is 12.8. The van der Waals surface area contributed by atoms with E-state index in [2.05, 4.69) is 49.9 Å². The predicted octanol–water partition coefficient (Wildman–Crippen LogP) is 5.31. The largest absolute Gasteiger partial charge is 0.378 e. The Morgan fingerprint density at radius 2 is 1.92 bits per heavy atom. The zero-order chi connectivity index (χ0) is 17.9. The second kappa shape index (κ2) is 5.57. The number of allylic oxidation sites excluding steroid dienone is 1. The SMILES string of the molecule is Cc1sc(C(=O)C=Cc2ccc(N(C)C)cc2)c2c1[C@H]1[C@@H](C2)C1(C)C. The summed E-state index contributed by atoms with van der Waals surface area (Å²) >= 11 is 1.69. The molecule has 2 atom stereocenters. The minimum absolute atomic E-state index is 0.158. The first-order chi connectivity index (χ1) is 11.8. The lowest BCUT2D eigenvalue weighted by molar-refractivity contribution is 0.105. The van der Waals surface area contributed by atoms with Crippen molar-refractivity contribution in [1.29, 1.82) is 0 Å². The van der Waals surface area contributed by atoms with Gasteiger partial charge in [-0.05, 0) is 65.5 Å². The van der Waals surface area contributed by atoms with Crippen LogP contribution in [0.5, 0.6) is 0 Å². The third kappa shape index (κ3) is 2.56. The van der Waals surface area contributed by atoms with Crippen molar-refractivity contribution in [2.45, 2.75) is 33.1 Å². The fourth-order valence-electron chi connectivity index (χ4n) is 4.46. The zero-order valence-electron chi connectivity index (χ0n) is 15.6. The number of ketones is 1. The van der Waals surface area contributed by atoms with Crippen LogP contribution in [0.3, 0.4) is 0 Å². The summed E-state index contributed by atoms with van der Waals surface area (Å²) in [6, 6.07) is 8.27. The Morgan fingerprint density at radius 1 is 1.24 bits per heavy atom. The third-order valence-electron chi connectivity index (χ3n) is 6.08. The molecule has 2 aliphatic rings. The Labute approximate surface area is 154 Å². The Kier molecular flexibility index (Phi) is 3.69. The molecular weight excluding hydrogens is 326 g/mol. The lowest BCUT2D eigenvalue weighted by Crippen LogP contribution is -2.07. The van der Waals surface area contributed by atoms with E-state index in [0.717, 1.165) is 28.5 Å². The first-order valence-corrected chi connectivity index (χ1v) is 9.74. The summed E-state index contributed by atoms with van der Waals surface area (Å²) in [6.45, 7) is 6.91. The molecule has 0 unspecified atom stereocenters. The summed E-state index contributed by atoms with van der Waals surface area (Å²) in [7, 11) is 4.06. The maximum atomic E-state index is 12.8. The highest BCUT2D eigenvalue weighted by atomic mass is 32.1. The topological polar surface area (TPSA) is 20.3 Å². The number of hydrogen-bond acceptors (Lipinski definition) is 3. The van der Waals surface area contributed by atoms with Crippen molar-refractivity contribution in [3.05, 3.63) is 56.8 Å². The minimum atomic E-state index is 0.158. The molecule has 2 aromatic rings. The van der Waals surface area contributed by atoms with Gasteiger partial charge in [0.15, 0.2) is 5.78 Å². The minimum Gasteiger partial charge on any atom is -0.378 e. The second-order valence-electron chi connectivity index (χ2n) is 8.17. The van der Waals surface area contributed by atoms with Gasteiger partial charge in [0.2, 0.25) is 0 Å². The van der Waals surface area contributed by atoms with Crippen LogP contribution in [0.2, 0.25) is 0 Å². The van der Waals surface area contributed by atoms with Crippen molar-refractivity contribution in [2.24, 2.45) is 11.3 Å². The maximum Gasteiger partial charge on any atom is 0.196 e. The van der Waals surface area contributed by atoms with E-state index in [-0.39, 0.29) is 5.78 Å². The van der Waals surface area contributed by atoms with Crippen LogP contribution < -0.4 is 4.90 Å². The second-order valence-corrected chi connectivity index (χ2v) is 9.40. The number of benzene rings is 1. The van der Waals surface area contributed by atoms with Crippen LogP contribution in [0.15, 0.2) is 30.3 Å². The lowest BCUT2D eigenvalue weighted by Gasteiger charge is -2.11. The van der Waals surface area contributed by atoms with Gasteiger partial charge in [-0.3, -0.25) is 4.79 Å². The number of aryl methyl sites for hydroxylation is 1. The molecule has 1 heterocycles. The third-order valence-corrected chi connectivity index (χ3v) is 7.26. The van der Waals surface area contributed by atoms with Crippen molar-refractivity contribution in [2.75, 3.05) is 19.0 Å². The normalized spacial score (nSPS) is 22.8. The van der Waals surface area contributed by atoms with E-state index in [0.29, 0.717) is 11.3 Å². The number of carbonyl (C=O) groups excluding carboxylic acids is 1. The van der Waals surface area contributed by atoms with Crippen molar-refractivity contribution in [3.63, 3.8) is 0 Å². The Morgan fingerprint density at radius 3 is 2.56 bits per heavy atom. The monoisotopic (exact) mass is 351 g/mol. The summed E-state index contributed by atoms with van der Waals surface area (Å²) in [4.78, 5) is 17.2. The van der Waals surface area contributed by atoms with Gasteiger partial charge in [-0.2, -0.15) is 0 Å². The molecule has 3 heteroatoms. The molecule has 1 aromatic heterocycles. The lowest BCUT2D eigenvalue weighted by atomic mass is 9.94. The van der Waals surface area contributed by atoms with Crippen molar-refractivity contribution < 1.29 is 4.79 Å². The Hall–Kier alpha value is -1.87. The average Bonchev–Trinajstić information content (AvgIpc) is 2.93. The van der Waals surface area contributed by atoms with Crippen LogP contribution in [0, 0.1) is 18.3 Å². The van der Waals surface area contributed by atoms with E-state index >= 15 is 0 Å². The molecule has 4 rings (SSSR count). The van der Waals surface area contributed by atoms with Crippen molar-refractivity contribution in [3.8, 4) is 0 Å². The molecule has 1 fully saturated rings. The summed E-state index contributed by atoms with van der Waals surface area (Å²) in [5, 5.41) is 0. The highest BCUT2D eigenvalue weighted by Gasteiger charge is 2.63. The molecular formula is C22H25NOS. The molecule has 0 bridgehead atoms. The van der Waals surface area contributed by atoms with Crippen LogP contribution in [0.1, 0.15) is 51.0 Å². The number of hydrogen-bond donors (Lipinski definition) is 0. The highest BCUT2D eigenvalue weighted by Crippen LogP contribution is 2.71. The Balaban J connectivity index is 1.55. The van der Waals surface area contributed by atoms with Gasteiger partial charge in [0.05, 0.1) is 4.88 Å². The van der Waals surface area contributed by atoms with Crippen LogP contribution in [-0.2, 0) is 6.42 Å². The van der Waals surface area contributed by atoms with E-state index in [9.17, 15) is 4.79 Å². The fraction of sp³-hybridized carbons (Fsp3) is 0.409. The zero-order valence-corrected chi connectivity index (χ0v) is 16.4. The smallest absolute Gasteiger partial charge is 0.196 e. The molecule has 130 valence electrons. The van der Waals surface area contributed by atoms with E-state index < -0.39 is 0 Å². The molecule has 1 saturated carbocycles. The summed E-state index contributed by atoms with van der Waals surface area (Å²) in [5.41, 5.74) is 5.50. The Bertz CT molecular complexity index is 870. The molecule has 0 radical (unpaired) electrons. The molecule has 2 aliphatic carbocycles. The van der Waals surface area contributed by atoms with Gasteiger partial charge in [-0.15, -0.1) is 11.3 Å². The van der Waals surface area contributed by atoms with Gasteiger partial charge < -0.3 is 4.90 Å². The van der Waals surface area contributed by atoms with Crippen molar-refractivity contribution >= 4 is 28.9 Å². The quantitative estimate of drug-likeness (QED) is 0.549. The number of anilines is 1. The first-order valence-electron chi connectivity index (χ1n) is 8.92. The number of carbonyl (C=O) groups is 1. The fourth-order valence-corrected chi connectivity index (χ4v) is 5.61. The van der Waals surface area contributed by atoms with Crippen LogP contribution >= 0.6 is 11.3 Å². The first kappa shape index (κ1) is 16.6. The summed E-state index contributed by atoms with van der Waals surface area (Å²) in [6.07, 6.45) is 4.76. The van der Waals surface area contributed by atoms with E-state index in [1.807, 2.05) is 20.2 Å². The van der Waals surface area contributed by atoms with E-state index in [1.165, 1.54) is 16.0 Å². The molecule has 0 saturated heterocycles. The highest BCUT2D eigenvalue weighted by molar-refractivity contribution is 7.14. The summed E-state index contributed by atoms with van der Waals surface area (Å²) < 4.78 is 0. The summed E-state index contributed by atoms with van der Waals surface area (Å²) in [5.74, 6) is 1.59. The molecule has 1 aromatic carbocycles. The number of thiophene rings is 1. The van der Waals surface area contributed by atoms with Gasteiger partial charge in [-0.25, -0.2) is 0 Å². The van der Waals surface area contributed by atoms with Crippen LogP contribution in [0.4, 0.5) is 5.69 Å². The van der Waals surface area contributed by atoms with E-state index in [4.69, 9.17) is 0 Å². The molecule has 2 nitrogen and oxygen atoms in total. The number of fused-ring (bicyclic) bond motifs is 3. The van der Waals surface area contributed by atoms with Gasteiger partial charge >= 0.3 is 0 Å². The standard InChI is InChI=1S/C22H25NOS/c1-13-19-16(12-17-20(19)22(17,2)3)21(25-13)18(24)11-8-14-6-9-15(10-7-14)23(4)5/h6-11,17,20H,12H2,1-5H3/t17-,20-/m1/s1. The van der Waals surface area contributed by atoms with Gasteiger partial charge in [0.25, 0.3) is 0 Å². The van der Waals surface area contributed by atoms with E-state index in [1.54, 1.807) is 17.4 Å².